The van der Waals surface area contributed by atoms with Crippen LogP contribution in [0.5, 0.6) is 0 Å². The van der Waals surface area contributed by atoms with Crippen molar-refractivity contribution in [2.45, 2.75) is 64.3 Å². The lowest BCUT2D eigenvalue weighted by Gasteiger charge is -2.37. The Labute approximate surface area is 202 Å². The lowest BCUT2D eigenvalue weighted by atomic mass is 10.0. The molecule has 1 fully saturated rings. The van der Waals surface area contributed by atoms with Gasteiger partial charge in [-0.15, -0.1) is 0 Å². The number of nitrogens with one attached hydrogen (secondary N) is 2. The number of carbonyl (C=O) groups excluding carboxylic acids is 2. The molecule has 1 saturated carbocycles. The van der Waals surface area contributed by atoms with Crippen LogP contribution >= 0.6 is 0 Å². The number of benzene rings is 2. The number of hydrogen-bond acceptors (Lipinski definition) is 4. The zero-order valence-corrected chi connectivity index (χ0v) is 20.7. The van der Waals surface area contributed by atoms with E-state index in [1.807, 2.05) is 67.7 Å². The summed E-state index contributed by atoms with van der Waals surface area (Å²) in [4.78, 5) is 25.3. The van der Waals surface area contributed by atoms with E-state index in [1.165, 1.54) is 0 Å². The van der Waals surface area contributed by atoms with Crippen molar-refractivity contribution < 1.29 is 24.0 Å². The van der Waals surface area contributed by atoms with Gasteiger partial charge in [0.1, 0.15) is 24.8 Å². The molecule has 3 N–H and O–H groups in total. The van der Waals surface area contributed by atoms with Crippen LogP contribution in [0.25, 0.3) is 0 Å². The van der Waals surface area contributed by atoms with E-state index >= 15 is 0 Å². The largest absolute Gasteiger partial charge is 0.444 e. The first kappa shape index (κ1) is 25.7. The highest BCUT2D eigenvalue weighted by molar-refractivity contribution is 5.79. The fraction of sp³-hybridized carbons (Fsp3) is 0.481. The molecule has 7 nitrogen and oxygen atoms in total. The molecule has 1 aliphatic carbocycles. The van der Waals surface area contributed by atoms with Crippen molar-refractivity contribution in [3.63, 3.8) is 0 Å². The van der Waals surface area contributed by atoms with Crippen LogP contribution < -0.4 is 10.7 Å². The third-order valence-electron chi connectivity index (χ3n) is 5.76. The van der Waals surface area contributed by atoms with Gasteiger partial charge in [0.05, 0.1) is 13.1 Å². The maximum Gasteiger partial charge on any atom is 0.407 e. The molecular weight excluding hydrogens is 430 g/mol. The van der Waals surface area contributed by atoms with Crippen LogP contribution in [-0.2, 0) is 22.5 Å². The zero-order valence-electron chi connectivity index (χ0n) is 20.7. The molecule has 0 radical (unpaired) electrons. The average Bonchev–Trinajstić information content (AvgIpc) is 3.58. The summed E-state index contributed by atoms with van der Waals surface area (Å²) in [7, 11) is 1.91. The van der Waals surface area contributed by atoms with Crippen LogP contribution in [0.4, 0.5) is 4.79 Å². The second-order valence-electron chi connectivity index (χ2n) is 10.5. The number of aliphatic hydroxyl groups excluding tert-OH is 1. The Bertz CT molecular complexity index is 941. The van der Waals surface area contributed by atoms with Crippen molar-refractivity contribution in [2.75, 3.05) is 13.6 Å². The fourth-order valence-electron chi connectivity index (χ4n) is 3.99. The molecule has 1 unspecified atom stereocenters. The Morgan fingerprint density at radius 3 is 2.12 bits per heavy atom. The number of rotatable bonds is 10. The normalized spacial score (nSPS) is 17.2. The minimum absolute atomic E-state index is 0.00495. The van der Waals surface area contributed by atoms with Crippen LogP contribution in [0, 0.1) is 5.92 Å². The van der Waals surface area contributed by atoms with E-state index in [9.17, 15) is 14.7 Å². The van der Waals surface area contributed by atoms with Crippen molar-refractivity contribution in [1.29, 1.82) is 0 Å². The molecule has 0 bridgehead atoms. The van der Waals surface area contributed by atoms with E-state index in [-0.39, 0.29) is 23.0 Å². The monoisotopic (exact) mass is 468 g/mol. The summed E-state index contributed by atoms with van der Waals surface area (Å²) in [5, 5.41) is 14.2. The van der Waals surface area contributed by atoms with E-state index < -0.39 is 23.8 Å². The van der Waals surface area contributed by atoms with Gasteiger partial charge >= 0.3 is 6.09 Å². The average molecular weight is 469 g/mol. The predicted octanol–water partition coefficient (Wildman–Crippen LogP) is 3.57. The van der Waals surface area contributed by atoms with Gasteiger partial charge in [-0.1, -0.05) is 60.7 Å². The Hall–Kier alpha value is -2.90. The SMILES string of the molecule is CC(C)(C)OC(=O)N[C@@H](Cc1ccccc1)[C@@H](O)C[N+](C)(Cc1ccccc1)NC(=O)C1CC1. The summed E-state index contributed by atoms with van der Waals surface area (Å²) < 4.78 is 5.58. The molecule has 2 aromatic carbocycles. The van der Waals surface area contributed by atoms with E-state index in [0.29, 0.717) is 13.0 Å². The van der Waals surface area contributed by atoms with Crippen LogP contribution in [0.15, 0.2) is 60.7 Å². The molecule has 3 atom stereocenters. The Morgan fingerprint density at radius 1 is 1.03 bits per heavy atom. The maximum atomic E-state index is 12.7. The van der Waals surface area contributed by atoms with Crippen LogP contribution in [0.2, 0.25) is 0 Å². The molecule has 2 aromatic rings. The van der Waals surface area contributed by atoms with E-state index in [1.54, 1.807) is 20.8 Å². The van der Waals surface area contributed by atoms with Gasteiger partial charge in [-0.2, -0.15) is 0 Å². The number of aliphatic hydroxyl groups is 1. The minimum Gasteiger partial charge on any atom is -0.444 e. The number of amides is 2. The molecule has 3 rings (SSSR count). The van der Waals surface area contributed by atoms with Gasteiger partial charge in [0.15, 0.2) is 0 Å². The Kier molecular flexibility index (Phi) is 8.33. The third-order valence-corrected chi connectivity index (χ3v) is 5.76. The zero-order chi connectivity index (χ0) is 24.8. The van der Waals surface area contributed by atoms with Gasteiger partial charge in [0, 0.05) is 11.5 Å². The summed E-state index contributed by atoms with van der Waals surface area (Å²) in [5.41, 5.74) is 4.53. The number of quaternary nitrogens is 1. The standard InChI is InChI=1S/C27H37N3O4/c1-27(2,3)34-26(33)28-23(17-20-11-7-5-8-12-20)24(31)19-30(4,29-25(32)22-15-16-22)18-21-13-9-6-10-14-21/h5-14,22-24,31H,15-19H2,1-4H3,(H-,28,29,32,33)/p+1/t23-,24-,30?/m0/s1. The first-order chi connectivity index (χ1) is 16.0. The fourth-order valence-corrected chi connectivity index (χ4v) is 3.99. The molecule has 0 spiro atoms. The molecule has 0 aliphatic heterocycles. The molecule has 2 amide bonds. The number of nitrogens with zero attached hydrogens (tertiary/aromatic N) is 1. The number of likely N-dealkylation sites (N-methyl/N-ethyl adjacent to an activating group) is 1. The molecule has 0 aromatic heterocycles. The molecule has 34 heavy (non-hydrogen) atoms. The maximum absolute atomic E-state index is 12.7. The highest BCUT2D eigenvalue weighted by Gasteiger charge is 2.38. The van der Waals surface area contributed by atoms with Crippen molar-refractivity contribution >= 4 is 12.0 Å². The topological polar surface area (TPSA) is 87.7 Å². The molecule has 1 aliphatic rings. The highest BCUT2D eigenvalue weighted by Crippen LogP contribution is 2.29. The van der Waals surface area contributed by atoms with Gasteiger partial charge < -0.3 is 15.2 Å². The van der Waals surface area contributed by atoms with Crippen LogP contribution in [0.1, 0.15) is 44.7 Å². The minimum atomic E-state index is -0.930. The second-order valence-corrected chi connectivity index (χ2v) is 10.5. The molecule has 7 heteroatoms. The van der Waals surface area contributed by atoms with Gasteiger partial charge in [-0.3, -0.25) is 4.79 Å². The van der Waals surface area contributed by atoms with Crippen molar-refractivity contribution in [3.8, 4) is 0 Å². The molecule has 184 valence electrons. The van der Waals surface area contributed by atoms with E-state index in [4.69, 9.17) is 4.74 Å². The summed E-state index contributed by atoms with van der Waals surface area (Å²) >= 11 is 0. The first-order valence-electron chi connectivity index (χ1n) is 12.0. The third kappa shape index (κ3) is 8.47. The summed E-state index contributed by atoms with van der Waals surface area (Å²) in [6, 6.07) is 19.0. The van der Waals surface area contributed by atoms with Crippen molar-refractivity contribution in [2.24, 2.45) is 5.92 Å². The lowest BCUT2D eigenvalue weighted by Crippen LogP contribution is -2.62. The summed E-state index contributed by atoms with van der Waals surface area (Å²) in [6.45, 7) is 6.14. The van der Waals surface area contributed by atoms with Crippen LogP contribution in [-0.4, -0.2) is 53.0 Å². The molecular formula is C27H38N3O4+. The first-order valence-corrected chi connectivity index (χ1v) is 12.0. The Morgan fingerprint density at radius 2 is 1.59 bits per heavy atom. The summed E-state index contributed by atoms with van der Waals surface area (Å²) in [5.74, 6) is 0.0516. The smallest absolute Gasteiger partial charge is 0.407 e. The van der Waals surface area contributed by atoms with Gasteiger partial charge in [-0.25, -0.2) is 14.8 Å². The molecule has 0 heterocycles. The number of ether oxygens (including phenoxy) is 1. The Balaban J connectivity index is 1.79. The number of hydrogen-bond donors (Lipinski definition) is 3. The lowest BCUT2D eigenvalue weighted by molar-refractivity contribution is -0.959. The predicted molar refractivity (Wildman–Crippen MR) is 131 cm³/mol. The van der Waals surface area contributed by atoms with Crippen molar-refractivity contribution in [3.05, 3.63) is 71.8 Å². The van der Waals surface area contributed by atoms with Crippen molar-refractivity contribution in [1.82, 2.24) is 10.7 Å². The van der Waals surface area contributed by atoms with Gasteiger partial charge in [0.2, 0.25) is 0 Å². The highest BCUT2D eigenvalue weighted by atomic mass is 16.6. The number of alkyl carbamates (subject to hydrolysis) is 1. The van der Waals surface area contributed by atoms with Gasteiger partial charge in [-0.05, 0) is 45.6 Å². The van der Waals surface area contributed by atoms with E-state index in [0.717, 1.165) is 24.0 Å². The van der Waals surface area contributed by atoms with Gasteiger partial charge in [0.25, 0.3) is 5.91 Å². The van der Waals surface area contributed by atoms with Crippen LogP contribution in [0.3, 0.4) is 0 Å². The molecule has 0 saturated heterocycles. The number of carbonyl (C=O) groups is 2. The van der Waals surface area contributed by atoms with E-state index in [2.05, 4.69) is 10.7 Å². The summed E-state index contributed by atoms with van der Waals surface area (Å²) in [6.07, 6.45) is 0.726. The quantitative estimate of drug-likeness (QED) is 0.367. The second kappa shape index (κ2) is 11.0.